The molecule has 624 valence electrons. The molecule has 0 unspecified atom stereocenters. The van der Waals surface area contributed by atoms with Crippen LogP contribution in [-0.4, -0.2) is 21.3 Å². The molecule has 18 aromatic rings. The number of methoxy groups -OCH3 is 3. The Hall–Kier alpha value is -10.7. The molecule has 12 nitrogen and oxygen atoms in total. The van der Waals surface area contributed by atoms with E-state index < -0.39 is 11.6 Å². The van der Waals surface area contributed by atoms with Gasteiger partial charge in [0.15, 0.2) is 56.8 Å². The summed E-state index contributed by atoms with van der Waals surface area (Å²) in [5.41, 5.74) is 18.7. The fraction of sp³-hybridized carbons (Fsp3) is 0.258. The second kappa shape index (κ2) is 38.2. The van der Waals surface area contributed by atoms with Crippen molar-refractivity contribution in [3.05, 3.63) is 294 Å². The van der Waals surface area contributed by atoms with Crippen molar-refractivity contribution >= 4 is 157 Å². The Morgan fingerprint density at radius 2 is 0.647 bits per heavy atom. The highest BCUT2D eigenvalue weighted by Gasteiger charge is 2.22. The van der Waals surface area contributed by atoms with Crippen molar-refractivity contribution < 1.29 is 75.9 Å². The molecule has 0 bridgehead atoms. The molecule has 0 aliphatic heterocycles. The summed E-state index contributed by atoms with van der Waals surface area (Å²) in [6.45, 7) is 40.6. The molecule has 22 heteroatoms. The number of aryl methyl sites for hydroxylation is 21. The van der Waals surface area contributed by atoms with E-state index in [1.54, 1.807) is 52.3 Å². The van der Waals surface area contributed by atoms with Gasteiger partial charge < -0.3 is 54.0 Å². The van der Waals surface area contributed by atoms with Gasteiger partial charge in [0.1, 0.15) is 91.6 Å². The van der Waals surface area contributed by atoms with Gasteiger partial charge in [0.05, 0.1) is 42.1 Å². The Morgan fingerprint density at radius 3 is 1.16 bits per heavy atom. The molecule has 0 atom stereocenters. The van der Waals surface area contributed by atoms with Crippen LogP contribution in [0.25, 0.3) is 98.7 Å². The lowest BCUT2D eigenvalue weighted by molar-refractivity contribution is 0.402. The highest BCUT2D eigenvalue weighted by Crippen LogP contribution is 2.41. The zero-order chi connectivity index (χ0) is 87.4. The molecule has 9 aromatic heterocycles. The van der Waals surface area contributed by atoms with Gasteiger partial charge in [-0.15, -0.1) is 0 Å². The van der Waals surface area contributed by atoms with Crippen LogP contribution < -0.4 is 14.2 Å². The van der Waals surface area contributed by atoms with E-state index >= 15 is 0 Å². The molecule has 9 heterocycles. The van der Waals surface area contributed by atoms with Crippen molar-refractivity contribution in [3.8, 4) is 17.2 Å². The number of ether oxygens (including phenoxy) is 3. The number of furan rings is 9. The maximum atomic E-state index is 13.5. The van der Waals surface area contributed by atoms with Crippen LogP contribution in [0.5, 0.6) is 17.2 Å². The summed E-state index contributed by atoms with van der Waals surface area (Å²) < 4.78 is 131. The Bertz CT molecular complexity index is 6560. The van der Waals surface area contributed by atoms with Crippen molar-refractivity contribution in [1.29, 1.82) is 0 Å². The maximum absolute atomic E-state index is 13.5. The number of benzene rings is 9. The van der Waals surface area contributed by atoms with Gasteiger partial charge in [0, 0.05) is 82.5 Å². The predicted octanol–water partition coefficient (Wildman–Crippen LogP) is 32.6. The van der Waals surface area contributed by atoms with Crippen molar-refractivity contribution in [2.75, 3.05) is 21.3 Å². The zero-order valence-corrected chi connectivity index (χ0v) is 74.7. The highest BCUT2D eigenvalue weighted by atomic mass is 35.5. The molecule has 0 saturated heterocycles. The quantitative estimate of drug-likeness (QED) is 0.155. The average Bonchev–Trinajstić information content (AvgIpc) is 1.64. The number of halogens is 10. The van der Waals surface area contributed by atoms with Gasteiger partial charge >= 0.3 is 0 Å². The fourth-order valence-electron chi connectivity index (χ4n) is 13.6. The first-order valence-corrected chi connectivity index (χ1v) is 39.9. The Balaban J connectivity index is 0.000000141. The van der Waals surface area contributed by atoms with Crippen LogP contribution in [0.4, 0.5) is 22.0 Å². The lowest BCUT2D eigenvalue weighted by atomic mass is 10.1. The summed E-state index contributed by atoms with van der Waals surface area (Å²) in [6.07, 6.45) is 0.849. The molecule has 119 heavy (non-hydrogen) atoms. The standard InChI is InChI=1S/C12H13FO.C11H11ClO2.C11H11ClO.C11H10F2O2.C11H11FO2.C11H11FO.C10H8Cl2O.C10H9ClO.C10H10O/c1-4-11-8(3)10-6-9(13)5-7(2)12(10)14-11;1-6-7(2)14-11-9(6)4-8(12)5-10(11)13-3;1-6-4-9(12)5-10-7(2)8(3)13-11(6)10;1-5-6(2)15-11-8(14-3)4-7(12)10(13)9(5)11;1-6-7(2)14-11-9(13-3)5-4-8(12)10(6)11;1-6-4-9(12)5-10-7(2)8(3)13-11(6)10;1-5-6(2)13-10-8(5)3-7(11)4-9(10)12;1-6-7(2)12-10-8(6)4-3-5-9(10)11;1-7-8(2)11-10-6-4-3-5-9(7)10/h5-6H,4H2,1-3H3;4-5H,1-3H3;4-5H,1-3H3;4H,1-3H3;4-5H,1-3H3;4-5H,1-3H3;3-4H,1-2H3;3-5H,1-2H3;3-6H,1-2H3. The van der Waals surface area contributed by atoms with E-state index in [0.29, 0.717) is 53.9 Å². The Labute approximate surface area is 712 Å². The molecule has 9 aromatic carbocycles. The monoisotopic (exact) mass is 1720 g/mol. The number of fused-ring (bicyclic) bond motifs is 9. The molecule has 0 spiro atoms. The van der Waals surface area contributed by atoms with Gasteiger partial charge in [-0.2, -0.15) is 0 Å². The number of hydrogen-bond donors (Lipinski definition) is 0. The van der Waals surface area contributed by atoms with Crippen LogP contribution in [0, 0.1) is 168 Å². The first-order valence-electron chi connectivity index (χ1n) is 38.0. The summed E-state index contributed by atoms with van der Waals surface area (Å²) in [6, 6.07) is 35.0. The third kappa shape index (κ3) is 19.5. The summed E-state index contributed by atoms with van der Waals surface area (Å²) in [4.78, 5) is 0. The Kier molecular flexibility index (Phi) is 29.1. The van der Waals surface area contributed by atoms with Crippen molar-refractivity contribution in [1.82, 2.24) is 0 Å². The van der Waals surface area contributed by atoms with Gasteiger partial charge in [0.25, 0.3) is 0 Å². The molecular weight excluding hydrogens is 1630 g/mol. The topological polar surface area (TPSA) is 146 Å². The van der Waals surface area contributed by atoms with Crippen molar-refractivity contribution in [2.24, 2.45) is 0 Å². The molecule has 0 saturated carbocycles. The maximum Gasteiger partial charge on any atom is 0.179 e. The molecule has 0 aliphatic carbocycles. The van der Waals surface area contributed by atoms with E-state index in [4.69, 9.17) is 112 Å². The summed E-state index contributed by atoms with van der Waals surface area (Å²) in [5, 5.41) is 11.3. The van der Waals surface area contributed by atoms with E-state index in [1.165, 1.54) is 53.5 Å². The number of hydrogen-bond acceptors (Lipinski definition) is 12. The molecule has 18 rings (SSSR count). The van der Waals surface area contributed by atoms with Crippen molar-refractivity contribution in [2.45, 2.75) is 152 Å². The van der Waals surface area contributed by atoms with Gasteiger partial charge in [-0.05, 0) is 273 Å². The molecular formula is C97H94Cl5F5O12. The first kappa shape index (κ1) is 90.7. The molecule has 0 fully saturated rings. The van der Waals surface area contributed by atoms with Crippen LogP contribution in [0.15, 0.2) is 161 Å². The van der Waals surface area contributed by atoms with Crippen LogP contribution in [-0.2, 0) is 6.42 Å². The lowest BCUT2D eigenvalue weighted by Crippen LogP contribution is -1.90. The van der Waals surface area contributed by atoms with Gasteiger partial charge in [-0.3, -0.25) is 0 Å². The summed E-state index contributed by atoms with van der Waals surface area (Å²) >= 11 is 29.7. The minimum Gasteiger partial charge on any atom is -0.493 e. The first-order chi connectivity index (χ1) is 56.2. The predicted molar refractivity (Wildman–Crippen MR) is 475 cm³/mol. The second-order valence-electron chi connectivity index (χ2n) is 29.0. The van der Waals surface area contributed by atoms with E-state index in [-0.39, 0.29) is 34.2 Å². The number of para-hydroxylation sites is 2. The van der Waals surface area contributed by atoms with Gasteiger partial charge in [-0.1, -0.05) is 95.3 Å². The summed E-state index contributed by atoms with van der Waals surface area (Å²) in [7, 11) is 4.54. The molecule has 0 N–H and O–H groups in total. The minimum absolute atomic E-state index is 0.157. The SMILES string of the molecule is CCc1oc2c(C)cc(F)cc2c1C.COc1cc(Cl)cc2c(C)c(C)oc12.COc1cc(F)c(F)c2c(C)c(C)oc12.COc1ccc(F)c2c(C)c(C)oc12.Cc1oc2c(C)cc(Cl)cc2c1C.Cc1oc2c(C)cc(F)cc2c1C.Cc1oc2c(Cl)cc(Cl)cc2c1C.Cc1oc2c(Cl)cccc2c1C.Cc1oc2ccccc2c1C. The Morgan fingerprint density at radius 1 is 0.277 bits per heavy atom. The summed E-state index contributed by atoms with van der Waals surface area (Å²) in [5.74, 6) is 6.81. The third-order valence-corrected chi connectivity index (χ3v) is 22.5. The van der Waals surface area contributed by atoms with E-state index in [2.05, 4.69) is 19.9 Å². The van der Waals surface area contributed by atoms with Crippen LogP contribution in [0.1, 0.15) is 126 Å². The molecule has 0 amide bonds. The smallest absolute Gasteiger partial charge is 0.179 e. The minimum atomic E-state index is -0.928. The van der Waals surface area contributed by atoms with Crippen LogP contribution in [0.2, 0.25) is 25.1 Å². The normalized spacial score (nSPS) is 11.0. The second-order valence-corrected chi connectivity index (χ2v) is 31.1. The zero-order valence-electron chi connectivity index (χ0n) is 70.9. The van der Waals surface area contributed by atoms with Crippen molar-refractivity contribution in [3.63, 3.8) is 0 Å². The largest absolute Gasteiger partial charge is 0.493 e. The fourth-order valence-corrected chi connectivity index (χ4v) is 14.8. The van der Waals surface area contributed by atoms with Crippen LogP contribution in [0.3, 0.4) is 0 Å². The number of rotatable bonds is 4. The lowest BCUT2D eigenvalue weighted by Gasteiger charge is -2.02. The van der Waals surface area contributed by atoms with Gasteiger partial charge in [0.2, 0.25) is 0 Å². The molecule has 0 aliphatic rings. The molecule has 0 radical (unpaired) electrons. The average molecular weight is 1720 g/mol. The highest BCUT2D eigenvalue weighted by molar-refractivity contribution is 6.38. The third-order valence-electron chi connectivity index (χ3n) is 21.3. The van der Waals surface area contributed by atoms with Gasteiger partial charge in [-0.25, -0.2) is 22.0 Å². The van der Waals surface area contributed by atoms with Crippen LogP contribution >= 0.6 is 58.0 Å². The van der Waals surface area contributed by atoms with E-state index in [9.17, 15) is 22.0 Å². The van der Waals surface area contributed by atoms with E-state index in [0.717, 1.165) is 179 Å². The van der Waals surface area contributed by atoms with E-state index in [1.807, 2.05) is 178 Å².